The fraction of sp³-hybridized carbons (Fsp3) is 0.231. The molecule has 0 atom stereocenters. The number of fused-ring (bicyclic) bond motifs is 1. The molecular formula is C13H15NO2. The van der Waals surface area contributed by atoms with Crippen LogP contribution in [0.15, 0.2) is 36.4 Å². The summed E-state index contributed by atoms with van der Waals surface area (Å²) >= 11 is 0. The van der Waals surface area contributed by atoms with Gasteiger partial charge in [0.1, 0.15) is 5.75 Å². The van der Waals surface area contributed by atoms with Gasteiger partial charge in [0.05, 0.1) is 6.61 Å². The number of aliphatic hydroxyl groups is 1. The number of hydrogen-bond donors (Lipinski definition) is 2. The van der Waals surface area contributed by atoms with Crippen molar-refractivity contribution in [1.82, 2.24) is 0 Å². The Balaban J connectivity index is 2.35. The molecule has 0 saturated carbocycles. The lowest BCUT2D eigenvalue weighted by atomic mass is 10.1. The quantitative estimate of drug-likeness (QED) is 0.609. The highest BCUT2D eigenvalue weighted by Crippen LogP contribution is 2.29. The van der Waals surface area contributed by atoms with Crippen LogP contribution in [0.2, 0.25) is 0 Å². The molecule has 0 heterocycles. The van der Waals surface area contributed by atoms with E-state index in [1.54, 1.807) is 0 Å². The summed E-state index contributed by atoms with van der Waals surface area (Å²) in [6.45, 7) is 0.664. The molecule has 0 aliphatic rings. The molecule has 0 aromatic heterocycles. The van der Waals surface area contributed by atoms with E-state index in [-0.39, 0.29) is 6.61 Å². The molecule has 3 nitrogen and oxygen atoms in total. The van der Waals surface area contributed by atoms with Crippen LogP contribution < -0.4 is 10.5 Å². The maximum absolute atomic E-state index is 8.70. The van der Waals surface area contributed by atoms with E-state index < -0.39 is 0 Å². The second-order valence-corrected chi connectivity index (χ2v) is 3.62. The SMILES string of the molecule is Nc1ccc(OCCCO)c2ccccc12. The number of nitrogens with two attached hydrogens (primary N) is 1. The predicted molar refractivity (Wildman–Crippen MR) is 65.6 cm³/mol. The molecule has 3 N–H and O–H groups in total. The molecular weight excluding hydrogens is 202 g/mol. The fourth-order valence-electron chi connectivity index (χ4n) is 1.67. The number of ether oxygens (including phenoxy) is 1. The molecule has 0 aliphatic carbocycles. The van der Waals surface area contributed by atoms with Crippen LogP contribution in [0.1, 0.15) is 6.42 Å². The summed E-state index contributed by atoms with van der Waals surface area (Å²) in [7, 11) is 0. The number of aliphatic hydroxyl groups excluding tert-OH is 1. The summed E-state index contributed by atoms with van der Waals surface area (Å²) in [4.78, 5) is 0. The Bertz CT molecular complexity index is 482. The van der Waals surface area contributed by atoms with E-state index in [2.05, 4.69) is 0 Å². The first-order valence-electron chi connectivity index (χ1n) is 5.34. The first-order chi connectivity index (χ1) is 7.83. The Morgan fingerprint density at radius 1 is 1.06 bits per heavy atom. The van der Waals surface area contributed by atoms with Crippen molar-refractivity contribution in [2.45, 2.75) is 6.42 Å². The normalized spacial score (nSPS) is 10.6. The molecule has 2 aromatic carbocycles. The maximum Gasteiger partial charge on any atom is 0.127 e. The van der Waals surface area contributed by atoms with Crippen molar-refractivity contribution in [1.29, 1.82) is 0 Å². The van der Waals surface area contributed by atoms with E-state index in [4.69, 9.17) is 15.6 Å². The second kappa shape index (κ2) is 4.86. The van der Waals surface area contributed by atoms with Crippen LogP contribution in [0.25, 0.3) is 10.8 Å². The van der Waals surface area contributed by atoms with Crippen LogP contribution in [0, 0.1) is 0 Å². The van der Waals surface area contributed by atoms with Crippen molar-refractivity contribution in [2.24, 2.45) is 0 Å². The van der Waals surface area contributed by atoms with Gasteiger partial charge in [0.25, 0.3) is 0 Å². The van der Waals surface area contributed by atoms with E-state index in [9.17, 15) is 0 Å². The van der Waals surface area contributed by atoms with Gasteiger partial charge in [-0.25, -0.2) is 0 Å². The molecule has 84 valence electrons. The van der Waals surface area contributed by atoms with Gasteiger partial charge in [0.2, 0.25) is 0 Å². The van der Waals surface area contributed by atoms with Gasteiger partial charge in [0, 0.05) is 29.5 Å². The van der Waals surface area contributed by atoms with Crippen LogP contribution in [-0.2, 0) is 0 Å². The Kier molecular flexibility index (Phi) is 3.27. The van der Waals surface area contributed by atoms with E-state index in [1.807, 2.05) is 36.4 Å². The smallest absolute Gasteiger partial charge is 0.127 e. The zero-order valence-corrected chi connectivity index (χ0v) is 9.02. The van der Waals surface area contributed by atoms with E-state index in [0.717, 1.165) is 22.2 Å². The molecule has 0 spiro atoms. The molecule has 0 unspecified atom stereocenters. The number of benzene rings is 2. The lowest BCUT2D eigenvalue weighted by Crippen LogP contribution is -2.00. The van der Waals surface area contributed by atoms with Gasteiger partial charge in [-0.1, -0.05) is 24.3 Å². The average Bonchev–Trinajstić information content (AvgIpc) is 2.33. The van der Waals surface area contributed by atoms with Gasteiger partial charge in [-0.3, -0.25) is 0 Å². The molecule has 0 fully saturated rings. The van der Waals surface area contributed by atoms with Crippen LogP contribution in [0.3, 0.4) is 0 Å². The molecule has 2 aromatic rings. The Hall–Kier alpha value is -1.74. The van der Waals surface area contributed by atoms with Crippen LogP contribution >= 0.6 is 0 Å². The number of anilines is 1. The molecule has 2 rings (SSSR count). The standard InChI is InChI=1S/C13H15NO2/c14-12-6-7-13(16-9-3-8-15)11-5-2-1-4-10(11)12/h1-2,4-7,15H,3,8-9,14H2. The van der Waals surface area contributed by atoms with Gasteiger partial charge in [-0.2, -0.15) is 0 Å². The van der Waals surface area contributed by atoms with Gasteiger partial charge in [-0.15, -0.1) is 0 Å². The van der Waals surface area contributed by atoms with Crippen molar-refractivity contribution < 1.29 is 9.84 Å². The molecule has 0 bridgehead atoms. The topological polar surface area (TPSA) is 55.5 Å². The monoisotopic (exact) mass is 217 g/mol. The first-order valence-corrected chi connectivity index (χ1v) is 5.34. The van der Waals surface area contributed by atoms with Gasteiger partial charge in [-0.05, 0) is 12.1 Å². The lowest BCUT2D eigenvalue weighted by molar-refractivity contribution is 0.235. The van der Waals surface area contributed by atoms with Crippen LogP contribution in [-0.4, -0.2) is 18.3 Å². The third-order valence-corrected chi connectivity index (χ3v) is 2.48. The third-order valence-electron chi connectivity index (χ3n) is 2.48. The minimum Gasteiger partial charge on any atom is -0.493 e. The molecule has 16 heavy (non-hydrogen) atoms. The van der Waals surface area contributed by atoms with Gasteiger partial charge >= 0.3 is 0 Å². The van der Waals surface area contributed by atoms with Gasteiger partial charge in [0.15, 0.2) is 0 Å². The molecule has 0 aliphatic heterocycles. The summed E-state index contributed by atoms with van der Waals surface area (Å²) in [5, 5.41) is 10.7. The minimum atomic E-state index is 0.146. The predicted octanol–water partition coefficient (Wildman–Crippen LogP) is 2.18. The summed E-state index contributed by atoms with van der Waals surface area (Å²) in [5.41, 5.74) is 6.64. The Morgan fingerprint density at radius 3 is 2.56 bits per heavy atom. The zero-order chi connectivity index (χ0) is 11.4. The molecule has 0 radical (unpaired) electrons. The van der Waals surface area contributed by atoms with E-state index in [1.165, 1.54) is 0 Å². The number of rotatable bonds is 4. The van der Waals surface area contributed by atoms with E-state index in [0.29, 0.717) is 13.0 Å². The van der Waals surface area contributed by atoms with Crippen molar-refractivity contribution in [3.8, 4) is 5.75 Å². The Labute approximate surface area is 94.5 Å². The fourth-order valence-corrected chi connectivity index (χ4v) is 1.67. The van der Waals surface area contributed by atoms with E-state index >= 15 is 0 Å². The van der Waals surface area contributed by atoms with Crippen molar-refractivity contribution in [2.75, 3.05) is 18.9 Å². The molecule has 0 saturated heterocycles. The summed E-state index contributed by atoms with van der Waals surface area (Å²) in [6, 6.07) is 11.6. The van der Waals surface area contributed by atoms with Gasteiger partial charge < -0.3 is 15.6 Å². The summed E-state index contributed by atoms with van der Waals surface area (Å²) in [5.74, 6) is 0.818. The highest BCUT2D eigenvalue weighted by molar-refractivity contribution is 5.96. The van der Waals surface area contributed by atoms with Crippen molar-refractivity contribution >= 4 is 16.5 Å². The van der Waals surface area contributed by atoms with Crippen molar-refractivity contribution in [3.63, 3.8) is 0 Å². The zero-order valence-electron chi connectivity index (χ0n) is 9.02. The van der Waals surface area contributed by atoms with Crippen molar-refractivity contribution in [3.05, 3.63) is 36.4 Å². The highest BCUT2D eigenvalue weighted by Gasteiger charge is 2.03. The molecule has 0 amide bonds. The maximum atomic E-state index is 8.70. The lowest BCUT2D eigenvalue weighted by Gasteiger charge is -2.10. The third kappa shape index (κ3) is 2.09. The Morgan fingerprint density at radius 2 is 1.81 bits per heavy atom. The number of nitrogen functional groups attached to an aromatic ring is 1. The highest BCUT2D eigenvalue weighted by atomic mass is 16.5. The largest absolute Gasteiger partial charge is 0.493 e. The summed E-state index contributed by atoms with van der Waals surface area (Å²) in [6.07, 6.45) is 0.638. The van der Waals surface area contributed by atoms with Crippen LogP contribution in [0.4, 0.5) is 5.69 Å². The average molecular weight is 217 g/mol. The minimum absolute atomic E-state index is 0.146. The summed E-state index contributed by atoms with van der Waals surface area (Å²) < 4.78 is 5.60. The molecule has 3 heteroatoms. The number of hydrogen-bond acceptors (Lipinski definition) is 3. The second-order valence-electron chi connectivity index (χ2n) is 3.62. The first kappa shape index (κ1) is 10.8. The van der Waals surface area contributed by atoms with Crippen LogP contribution in [0.5, 0.6) is 5.75 Å².